The molecular weight excluding hydrogens is 511 g/mol. The van der Waals surface area contributed by atoms with Gasteiger partial charge in [-0.15, -0.1) is 0 Å². The molecule has 2 aromatic rings. The van der Waals surface area contributed by atoms with Crippen molar-refractivity contribution < 1.29 is 19.1 Å². The first kappa shape index (κ1) is 32.1. The van der Waals surface area contributed by atoms with E-state index in [1.807, 2.05) is 42.7 Å². The molecule has 1 saturated heterocycles. The van der Waals surface area contributed by atoms with Gasteiger partial charge in [0.25, 0.3) is 0 Å². The smallest absolute Gasteiger partial charge is 0.234 e. The SMILES string of the molecule is CCC(=O)N/C=N/C(=Nc1ccccc1)NSC.COc1ccc([C@@H](C)CC(C)=O)cc1B(C)C1CCOC1. The van der Waals surface area contributed by atoms with Crippen LogP contribution in [0.4, 0.5) is 5.69 Å². The Bertz CT molecular complexity index is 1110. The highest BCUT2D eigenvalue weighted by molar-refractivity contribution is 7.97. The van der Waals surface area contributed by atoms with Gasteiger partial charge in [0.2, 0.25) is 11.9 Å². The third kappa shape index (κ3) is 11.3. The summed E-state index contributed by atoms with van der Waals surface area (Å²) in [7, 11) is 1.72. The number of ether oxygens (including phenoxy) is 2. The van der Waals surface area contributed by atoms with Crippen molar-refractivity contribution >= 4 is 53.8 Å². The van der Waals surface area contributed by atoms with Gasteiger partial charge in [-0.1, -0.05) is 63.0 Å². The fourth-order valence-corrected chi connectivity index (χ4v) is 4.51. The first-order chi connectivity index (χ1) is 18.8. The van der Waals surface area contributed by atoms with Crippen LogP contribution in [0.15, 0.2) is 58.5 Å². The lowest BCUT2D eigenvalue weighted by Crippen LogP contribution is -2.34. The fraction of sp³-hybridized carbons (Fsp3) is 0.448. The molecule has 1 amide bonds. The third-order valence-corrected chi connectivity index (χ3v) is 6.88. The average molecular weight is 553 g/mol. The van der Waals surface area contributed by atoms with E-state index in [2.05, 4.69) is 45.9 Å². The van der Waals surface area contributed by atoms with E-state index in [0.29, 0.717) is 31.3 Å². The van der Waals surface area contributed by atoms with E-state index in [-0.39, 0.29) is 17.6 Å². The number of para-hydroxylation sites is 1. The van der Waals surface area contributed by atoms with Gasteiger partial charge in [0.15, 0.2) is 6.71 Å². The summed E-state index contributed by atoms with van der Waals surface area (Å²) < 4.78 is 14.0. The van der Waals surface area contributed by atoms with E-state index >= 15 is 0 Å². The van der Waals surface area contributed by atoms with Crippen LogP contribution < -0.4 is 20.2 Å². The number of methoxy groups -OCH3 is 1. The molecule has 0 aliphatic carbocycles. The van der Waals surface area contributed by atoms with E-state index in [9.17, 15) is 9.59 Å². The predicted molar refractivity (Wildman–Crippen MR) is 164 cm³/mol. The molecular formula is C29H41BN4O4S. The summed E-state index contributed by atoms with van der Waals surface area (Å²) in [6.07, 6.45) is 5.34. The molecule has 1 aliphatic heterocycles. The zero-order valence-corrected chi connectivity index (χ0v) is 24.7. The number of carbonyl (C=O) groups is 2. The lowest BCUT2D eigenvalue weighted by Gasteiger charge is -2.20. The van der Waals surface area contributed by atoms with Crippen LogP contribution in [0.1, 0.15) is 51.5 Å². The van der Waals surface area contributed by atoms with Gasteiger partial charge in [-0.05, 0) is 54.3 Å². The van der Waals surface area contributed by atoms with Crippen molar-refractivity contribution in [2.75, 3.05) is 26.6 Å². The second-order valence-electron chi connectivity index (χ2n) is 9.48. The zero-order valence-electron chi connectivity index (χ0n) is 23.9. The molecule has 210 valence electrons. The number of amides is 1. The van der Waals surface area contributed by atoms with Gasteiger partial charge in [0.05, 0.1) is 19.1 Å². The predicted octanol–water partition coefficient (Wildman–Crippen LogP) is 5.00. The van der Waals surface area contributed by atoms with Crippen molar-refractivity contribution in [3.8, 4) is 5.75 Å². The number of Topliss-reactive ketones (excluding diaryl/α,β-unsaturated/α-hetero) is 1. The Balaban J connectivity index is 0.000000277. The molecule has 2 atom stereocenters. The largest absolute Gasteiger partial charge is 0.497 e. The lowest BCUT2D eigenvalue weighted by atomic mass is 9.38. The highest BCUT2D eigenvalue weighted by Gasteiger charge is 2.29. The van der Waals surface area contributed by atoms with Crippen LogP contribution >= 0.6 is 11.9 Å². The first-order valence-electron chi connectivity index (χ1n) is 13.3. The first-order valence-corrected chi connectivity index (χ1v) is 14.5. The summed E-state index contributed by atoms with van der Waals surface area (Å²) in [5, 5.41) is 2.55. The normalized spacial score (nSPS) is 15.7. The molecule has 10 heteroatoms. The van der Waals surface area contributed by atoms with Crippen LogP contribution in [0, 0.1) is 0 Å². The highest BCUT2D eigenvalue weighted by Crippen LogP contribution is 2.27. The van der Waals surface area contributed by atoms with Crippen LogP contribution in [0.5, 0.6) is 5.75 Å². The summed E-state index contributed by atoms with van der Waals surface area (Å²) in [4.78, 5) is 30.7. The van der Waals surface area contributed by atoms with E-state index < -0.39 is 0 Å². The van der Waals surface area contributed by atoms with Crippen LogP contribution in [0.25, 0.3) is 0 Å². The summed E-state index contributed by atoms with van der Waals surface area (Å²) >= 11 is 1.39. The van der Waals surface area contributed by atoms with E-state index in [0.717, 1.165) is 31.1 Å². The van der Waals surface area contributed by atoms with E-state index in [1.54, 1.807) is 21.0 Å². The molecule has 0 radical (unpaired) electrons. The van der Waals surface area contributed by atoms with Gasteiger partial charge in [0, 0.05) is 32.3 Å². The molecule has 1 aliphatic rings. The zero-order chi connectivity index (χ0) is 28.6. The van der Waals surface area contributed by atoms with Gasteiger partial charge in [-0.3, -0.25) is 9.52 Å². The maximum atomic E-state index is 11.3. The number of guanidine groups is 1. The van der Waals surface area contributed by atoms with Crippen LogP contribution in [-0.2, 0) is 14.3 Å². The topological polar surface area (TPSA) is 101 Å². The minimum Gasteiger partial charge on any atom is -0.497 e. The number of benzene rings is 2. The van der Waals surface area contributed by atoms with Gasteiger partial charge in [0.1, 0.15) is 11.5 Å². The molecule has 1 unspecified atom stereocenters. The van der Waals surface area contributed by atoms with E-state index in [4.69, 9.17) is 9.47 Å². The number of nitrogens with zero attached hydrogens (tertiary/aromatic N) is 2. The summed E-state index contributed by atoms with van der Waals surface area (Å²) in [5.41, 5.74) is 3.25. The average Bonchev–Trinajstić information content (AvgIpc) is 3.48. The Morgan fingerprint density at radius 2 is 2.00 bits per heavy atom. The van der Waals surface area contributed by atoms with Gasteiger partial charge < -0.3 is 19.6 Å². The van der Waals surface area contributed by atoms with Gasteiger partial charge in [-0.2, -0.15) is 0 Å². The molecule has 2 N–H and O–H groups in total. The summed E-state index contributed by atoms with van der Waals surface area (Å²) in [5.74, 6) is 2.33. The Hall–Kier alpha value is -3.11. The molecule has 0 bridgehead atoms. The fourth-order valence-electron chi connectivity index (χ4n) is 4.23. The van der Waals surface area contributed by atoms with Crippen LogP contribution in [-0.4, -0.2) is 57.3 Å². The number of hydrogen-bond donors (Lipinski definition) is 2. The standard InChI is InChI=1S/C17H25BO3.C12H16N4OS/c1-12(9-13(2)19)14-5-6-17(20-4)16(10-14)18(3)15-7-8-21-11-15;1-3-11(17)13-9-14-12(16-18-2)15-10-7-5-4-6-8-10/h5-6,10,12,15H,7-9,11H2,1-4H3;4-9H,3H2,1-2H3,(H2,13,14,15,16,17)/t12-,15?;/m0./s1. The molecule has 0 spiro atoms. The number of carbonyl (C=O) groups excluding carboxylic acids is 2. The Morgan fingerprint density at radius 3 is 2.59 bits per heavy atom. The number of ketones is 1. The molecule has 1 fully saturated rings. The second kappa shape index (κ2) is 17.5. The number of nitrogens with one attached hydrogen (secondary N) is 2. The summed E-state index contributed by atoms with van der Waals surface area (Å²) in [6, 6.07) is 15.8. The van der Waals surface area contributed by atoms with Gasteiger partial charge >= 0.3 is 0 Å². The molecule has 0 aromatic heterocycles. The summed E-state index contributed by atoms with van der Waals surface area (Å²) in [6.45, 7) is 9.89. The Kier molecular flexibility index (Phi) is 14.4. The maximum Gasteiger partial charge on any atom is 0.234 e. The quantitative estimate of drug-likeness (QED) is 0.186. The minimum absolute atomic E-state index is 0.0815. The Morgan fingerprint density at radius 1 is 1.26 bits per heavy atom. The minimum atomic E-state index is -0.0815. The Labute approximate surface area is 237 Å². The number of hydrogen-bond acceptors (Lipinski definition) is 6. The van der Waals surface area contributed by atoms with Crippen molar-refractivity contribution in [3.63, 3.8) is 0 Å². The molecule has 3 rings (SSSR count). The van der Waals surface area contributed by atoms with Crippen molar-refractivity contribution in [1.82, 2.24) is 10.0 Å². The second-order valence-corrected chi connectivity index (χ2v) is 10.1. The van der Waals surface area contributed by atoms with Gasteiger partial charge in [-0.25, -0.2) is 9.98 Å². The monoisotopic (exact) mass is 552 g/mol. The number of rotatable bonds is 10. The molecule has 0 saturated carbocycles. The van der Waals surface area contributed by atoms with Crippen molar-refractivity contribution in [3.05, 3.63) is 54.1 Å². The maximum absolute atomic E-state index is 11.3. The van der Waals surface area contributed by atoms with Crippen molar-refractivity contribution in [2.45, 2.75) is 58.6 Å². The molecule has 1 heterocycles. The third-order valence-electron chi connectivity index (χ3n) is 6.50. The van der Waals surface area contributed by atoms with Crippen molar-refractivity contribution in [1.29, 1.82) is 0 Å². The molecule has 2 aromatic carbocycles. The van der Waals surface area contributed by atoms with Crippen LogP contribution in [0.3, 0.4) is 0 Å². The van der Waals surface area contributed by atoms with E-state index in [1.165, 1.54) is 29.3 Å². The number of aliphatic imine (C=N–C) groups is 2. The van der Waals surface area contributed by atoms with Crippen molar-refractivity contribution in [2.24, 2.45) is 9.98 Å². The molecule has 39 heavy (non-hydrogen) atoms. The van der Waals surface area contributed by atoms with Crippen LogP contribution in [0.2, 0.25) is 12.6 Å². The lowest BCUT2D eigenvalue weighted by molar-refractivity contribution is -0.119. The molecule has 8 nitrogen and oxygen atoms in total. The highest BCUT2D eigenvalue weighted by atomic mass is 32.2.